The number of carboxylic acid groups (broad SMARTS) is 1. The van der Waals surface area contributed by atoms with Crippen LogP contribution in [0.15, 0.2) is 18.2 Å². The van der Waals surface area contributed by atoms with Crippen LogP contribution in [0, 0.1) is 5.92 Å². The van der Waals surface area contributed by atoms with Crippen molar-refractivity contribution < 1.29 is 9.90 Å². The van der Waals surface area contributed by atoms with Gasteiger partial charge in [0.05, 0.1) is 16.9 Å². The van der Waals surface area contributed by atoms with Crippen molar-refractivity contribution in [3.63, 3.8) is 0 Å². The molecular formula is C15H22N2O2. The zero-order valence-electron chi connectivity index (χ0n) is 11.6. The van der Waals surface area contributed by atoms with Crippen LogP contribution >= 0.6 is 0 Å². The van der Waals surface area contributed by atoms with Gasteiger partial charge < -0.3 is 15.7 Å². The van der Waals surface area contributed by atoms with Crippen LogP contribution in [0.25, 0.3) is 0 Å². The average Bonchev–Trinajstić information content (AvgIpc) is 2.38. The van der Waals surface area contributed by atoms with Crippen LogP contribution in [-0.2, 0) is 0 Å². The third-order valence-electron chi connectivity index (χ3n) is 4.22. The van der Waals surface area contributed by atoms with Crippen LogP contribution in [0.2, 0.25) is 0 Å². The maximum absolute atomic E-state index is 11.1. The van der Waals surface area contributed by atoms with Gasteiger partial charge in [0.25, 0.3) is 0 Å². The van der Waals surface area contributed by atoms with Crippen LogP contribution in [-0.4, -0.2) is 24.2 Å². The van der Waals surface area contributed by atoms with Gasteiger partial charge in [-0.2, -0.15) is 0 Å². The molecule has 1 aromatic rings. The number of anilines is 2. The van der Waals surface area contributed by atoms with Crippen LogP contribution in [0.3, 0.4) is 0 Å². The van der Waals surface area contributed by atoms with Gasteiger partial charge in [-0.25, -0.2) is 4.79 Å². The van der Waals surface area contributed by atoms with Crippen LogP contribution in [0.4, 0.5) is 11.4 Å². The van der Waals surface area contributed by atoms with Crippen molar-refractivity contribution in [1.82, 2.24) is 0 Å². The van der Waals surface area contributed by atoms with Crippen molar-refractivity contribution >= 4 is 17.3 Å². The Kier molecular flexibility index (Phi) is 3.98. The fourth-order valence-corrected chi connectivity index (χ4v) is 3.03. The van der Waals surface area contributed by atoms with Gasteiger partial charge in [0.1, 0.15) is 0 Å². The molecule has 104 valence electrons. The minimum Gasteiger partial charge on any atom is -0.478 e. The highest BCUT2D eigenvalue weighted by atomic mass is 16.4. The Balaban J connectivity index is 2.29. The largest absolute Gasteiger partial charge is 0.478 e. The summed E-state index contributed by atoms with van der Waals surface area (Å²) in [6.07, 6.45) is 4.90. The molecule has 0 saturated heterocycles. The Morgan fingerprint density at radius 2 is 2.05 bits per heavy atom. The molecule has 19 heavy (non-hydrogen) atoms. The number of hydrogen-bond acceptors (Lipinski definition) is 3. The SMILES string of the molecule is CC1CCCCC1N(C)c1cc(C(=O)O)ccc1N. The number of nitrogens with zero attached hydrogens (tertiary/aromatic N) is 1. The fraction of sp³-hybridized carbons (Fsp3) is 0.533. The summed E-state index contributed by atoms with van der Waals surface area (Å²) >= 11 is 0. The van der Waals surface area contributed by atoms with Crippen LogP contribution < -0.4 is 10.6 Å². The summed E-state index contributed by atoms with van der Waals surface area (Å²) in [5.41, 5.74) is 7.78. The van der Waals surface area contributed by atoms with E-state index in [9.17, 15) is 4.79 Å². The lowest BCUT2D eigenvalue weighted by atomic mass is 9.85. The van der Waals surface area contributed by atoms with Crippen molar-refractivity contribution in [3.8, 4) is 0 Å². The van der Waals surface area contributed by atoms with E-state index in [1.165, 1.54) is 19.3 Å². The summed E-state index contributed by atoms with van der Waals surface area (Å²) in [6.45, 7) is 2.26. The van der Waals surface area contributed by atoms with Crippen molar-refractivity contribution in [2.75, 3.05) is 17.7 Å². The Hall–Kier alpha value is -1.71. The lowest BCUT2D eigenvalue weighted by Gasteiger charge is -2.38. The molecule has 3 N–H and O–H groups in total. The summed E-state index contributed by atoms with van der Waals surface area (Å²) < 4.78 is 0. The first-order valence-corrected chi connectivity index (χ1v) is 6.86. The Morgan fingerprint density at radius 1 is 1.37 bits per heavy atom. The highest BCUT2D eigenvalue weighted by Crippen LogP contribution is 2.33. The molecule has 1 aliphatic rings. The zero-order chi connectivity index (χ0) is 14.0. The summed E-state index contributed by atoms with van der Waals surface area (Å²) in [4.78, 5) is 13.2. The molecular weight excluding hydrogens is 240 g/mol. The van der Waals surface area contributed by atoms with Gasteiger partial charge in [0.15, 0.2) is 0 Å². The van der Waals surface area contributed by atoms with Gasteiger partial charge in [0, 0.05) is 13.1 Å². The molecule has 2 rings (SSSR count). The van der Waals surface area contributed by atoms with Gasteiger partial charge in [-0.15, -0.1) is 0 Å². The monoisotopic (exact) mass is 262 g/mol. The van der Waals surface area contributed by atoms with Crippen LogP contribution in [0.5, 0.6) is 0 Å². The smallest absolute Gasteiger partial charge is 0.335 e. The molecule has 1 aromatic carbocycles. The number of nitrogens with two attached hydrogens (primary N) is 1. The van der Waals surface area contributed by atoms with Gasteiger partial charge in [-0.1, -0.05) is 19.8 Å². The van der Waals surface area contributed by atoms with Crippen molar-refractivity contribution in [2.24, 2.45) is 5.92 Å². The summed E-state index contributed by atoms with van der Waals surface area (Å²) in [5.74, 6) is -0.294. The number of nitrogen functional groups attached to an aromatic ring is 1. The zero-order valence-corrected chi connectivity index (χ0v) is 11.6. The molecule has 0 heterocycles. The number of carbonyl (C=O) groups is 1. The second-order valence-electron chi connectivity index (χ2n) is 5.52. The van der Waals surface area contributed by atoms with Gasteiger partial charge >= 0.3 is 5.97 Å². The van der Waals surface area contributed by atoms with E-state index < -0.39 is 5.97 Å². The number of carboxylic acids is 1. The van der Waals surface area contributed by atoms with E-state index in [1.54, 1.807) is 18.2 Å². The number of benzene rings is 1. The highest BCUT2D eigenvalue weighted by molar-refractivity contribution is 5.90. The van der Waals surface area contributed by atoms with Crippen molar-refractivity contribution in [1.29, 1.82) is 0 Å². The maximum Gasteiger partial charge on any atom is 0.335 e. The van der Waals surface area contributed by atoms with Gasteiger partial charge in [-0.3, -0.25) is 0 Å². The van der Waals surface area contributed by atoms with E-state index in [0.29, 0.717) is 23.2 Å². The molecule has 2 unspecified atom stereocenters. The molecule has 1 saturated carbocycles. The van der Waals surface area contributed by atoms with E-state index in [1.807, 2.05) is 7.05 Å². The second kappa shape index (κ2) is 5.51. The van der Waals surface area contributed by atoms with Gasteiger partial charge in [0.2, 0.25) is 0 Å². The normalized spacial score (nSPS) is 23.1. The fourth-order valence-electron chi connectivity index (χ4n) is 3.03. The standard InChI is InChI=1S/C15H22N2O2/c1-10-5-3-4-6-13(10)17(2)14-9-11(15(18)19)7-8-12(14)16/h7-10,13H,3-6,16H2,1-2H3,(H,18,19). The van der Waals surface area contributed by atoms with E-state index in [-0.39, 0.29) is 0 Å². The third-order valence-corrected chi connectivity index (χ3v) is 4.22. The van der Waals surface area contributed by atoms with E-state index in [2.05, 4.69) is 11.8 Å². The van der Waals surface area contributed by atoms with Crippen molar-refractivity contribution in [2.45, 2.75) is 38.6 Å². The predicted octanol–water partition coefficient (Wildman–Crippen LogP) is 2.98. The minimum atomic E-state index is -0.911. The first-order chi connectivity index (χ1) is 9.00. The predicted molar refractivity (Wildman–Crippen MR) is 77.6 cm³/mol. The van der Waals surface area contributed by atoms with E-state index >= 15 is 0 Å². The second-order valence-corrected chi connectivity index (χ2v) is 5.52. The topological polar surface area (TPSA) is 66.6 Å². The molecule has 4 heteroatoms. The number of hydrogen-bond donors (Lipinski definition) is 2. The molecule has 0 aliphatic heterocycles. The molecule has 1 fully saturated rings. The van der Waals surface area contributed by atoms with E-state index in [4.69, 9.17) is 10.8 Å². The highest BCUT2D eigenvalue weighted by Gasteiger charge is 2.26. The average molecular weight is 262 g/mol. The van der Waals surface area contributed by atoms with Crippen LogP contribution in [0.1, 0.15) is 43.0 Å². The quantitative estimate of drug-likeness (QED) is 0.822. The lowest BCUT2D eigenvalue weighted by molar-refractivity contribution is 0.0697. The Bertz CT molecular complexity index is 473. The third kappa shape index (κ3) is 2.83. The molecule has 0 spiro atoms. The van der Waals surface area contributed by atoms with Gasteiger partial charge in [-0.05, 0) is 37.0 Å². The molecule has 2 atom stereocenters. The summed E-state index contributed by atoms with van der Waals surface area (Å²) in [5, 5.41) is 9.08. The Labute approximate surface area is 114 Å². The van der Waals surface area contributed by atoms with Crippen molar-refractivity contribution in [3.05, 3.63) is 23.8 Å². The molecule has 0 radical (unpaired) electrons. The molecule has 0 aromatic heterocycles. The number of aromatic carboxylic acids is 1. The summed E-state index contributed by atoms with van der Waals surface area (Å²) in [6, 6.07) is 5.36. The molecule has 4 nitrogen and oxygen atoms in total. The first kappa shape index (κ1) is 13.7. The molecule has 0 bridgehead atoms. The molecule has 0 amide bonds. The maximum atomic E-state index is 11.1. The van der Waals surface area contributed by atoms with E-state index in [0.717, 1.165) is 12.1 Å². The number of rotatable bonds is 3. The summed E-state index contributed by atoms with van der Waals surface area (Å²) in [7, 11) is 2.02. The molecule has 1 aliphatic carbocycles. The first-order valence-electron chi connectivity index (χ1n) is 6.86. The Morgan fingerprint density at radius 3 is 2.68 bits per heavy atom. The minimum absolute atomic E-state index is 0.291. The lowest BCUT2D eigenvalue weighted by Crippen LogP contribution is -2.39.